The lowest BCUT2D eigenvalue weighted by Gasteiger charge is -2.12. The fourth-order valence-corrected chi connectivity index (χ4v) is 3.39. The van der Waals surface area contributed by atoms with Gasteiger partial charge in [-0.15, -0.1) is 0 Å². The minimum Gasteiger partial charge on any atom is -0.349 e. The van der Waals surface area contributed by atoms with Crippen molar-refractivity contribution >= 4 is 28.4 Å². The molecule has 0 aliphatic heterocycles. The van der Waals surface area contributed by atoms with Crippen molar-refractivity contribution in [1.82, 2.24) is 25.1 Å². The predicted octanol–water partition coefficient (Wildman–Crippen LogP) is 4.07. The monoisotopic (exact) mass is 398 g/mol. The number of nitrogens with zero attached hydrogens (tertiary/aromatic N) is 4. The molecule has 1 amide bonds. The first-order valence-corrected chi connectivity index (χ1v) is 10.0. The topological polar surface area (TPSA) is 84.7 Å². The molecule has 0 atom stereocenters. The van der Waals surface area contributed by atoms with E-state index in [1.165, 1.54) is 0 Å². The Bertz CT molecular complexity index is 1240. The Kier molecular flexibility index (Phi) is 4.43. The van der Waals surface area contributed by atoms with Gasteiger partial charge in [0.25, 0.3) is 5.91 Å². The van der Waals surface area contributed by atoms with Crippen LogP contribution in [0.3, 0.4) is 0 Å². The first-order valence-electron chi connectivity index (χ1n) is 10.0. The van der Waals surface area contributed by atoms with Crippen LogP contribution in [0, 0.1) is 13.8 Å². The highest BCUT2D eigenvalue weighted by Gasteiger charge is 2.24. The number of aryl methyl sites for hydroxylation is 2. The lowest BCUT2D eigenvalue weighted by molar-refractivity contribution is 0.0951. The van der Waals surface area contributed by atoms with E-state index in [2.05, 4.69) is 25.7 Å². The zero-order chi connectivity index (χ0) is 20.7. The molecule has 1 fully saturated rings. The third kappa shape index (κ3) is 3.50. The summed E-state index contributed by atoms with van der Waals surface area (Å²) >= 11 is 0. The zero-order valence-corrected chi connectivity index (χ0v) is 16.9. The van der Waals surface area contributed by atoms with E-state index >= 15 is 0 Å². The molecule has 1 aliphatic carbocycles. The van der Waals surface area contributed by atoms with E-state index in [1.54, 1.807) is 6.20 Å². The third-order valence-corrected chi connectivity index (χ3v) is 5.21. The largest absolute Gasteiger partial charge is 0.349 e. The van der Waals surface area contributed by atoms with Gasteiger partial charge in [0.05, 0.1) is 17.3 Å². The van der Waals surface area contributed by atoms with Crippen LogP contribution in [0.1, 0.15) is 34.6 Å². The van der Waals surface area contributed by atoms with E-state index in [0.717, 1.165) is 40.8 Å². The molecule has 0 radical (unpaired) electrons. The summed E-state index contributed by atoms with van der Waals surface area (Å²) in [6, 6.07) is 15.9. The molecule has 30 heavy (non-hydrogen) atoms. The maximum atomic E-state index is 12.5. The van der Waals surface area contributed by atoms with Gasteiger partial charge in [0.15, 0.2) is 5.65 Å². The second-order valence-corrected chi connectivity index (χ2v) is 7.65. The van der Waals surface area contributed by atoms with E-state index in [4.69, 9.17) is 0 Å². The molecule has 4 aromatic rings. The maximum Gasteiger partial charge on any atom is 0.251 e. The minimum absolute atomic E-state index is 0.0403. The molecule has 5 rings (SSSR count). The molecule has 7 nitrogen and oxygen atoms in total. The summed E-state index contributed by atoms with van der Waals surface area (Å²) < 4.78 is 1.81. The van der Waals surface area contributed by atoms with Gasteiger partial charge in [-0.25, -0.2) is 14.6 Å². The van der Waals surface area contributed by atoms with Crippen LogP contribution in [-0.4, -0.2) is 31.7 Å². The van der Waals surface area contributed by atoms with E-state index in [-0.39, 0.29) is 5.91 Å². The number of aromatic nitrogens is 4. The molecular weight excluding hydrogens is 376 g/mol. The molecule has 0 unspecified atom stereocenters. The molecule has 0 spiro atoms. The number of para-hydroxylation sites is 1. The Hall–Kier alpha value is -3.74. The Morgan fingerprint density at radius 3 is 2.63 bits per heavy atom. The highest BCUT2D eigenvalue weighted by Crippen LogP contribution is 2.28. The number of rotatable bonds is 5. The number of amides is 1. The fraction of sp³-hybridized carbons (Fsp3) is 0.217. The van der Waals surface area contributed by atoms with Crippen molar-refractivity contribution < 1.29 is 4.79 Å². The number of nitrogens with one attached hydrogen (secondary N) is 2. The molecule has 2 aromatic heterocycles. The Morgan fingerprint density at radius 1 is 1.07 bits per heavy atom. The van der Waals surface area contributed by atoms with Crippen molar-refractivity contribution in [3.8, 4) is 5.69 Å². The molecule has 1 saturated carbocycles. The standard InChI is InChI=1S/C23H22N6O/c1-14-8-9-16(23(30)27-17-10-11-17)12-20(14)28-21-19-13-24-29(18-6-4-3-5-7-18)22(19)26-15(2)25-21/h3-9,12-13,17H,10-11H2,1-2H3,(H,27,30)(H,25,26,28). The smallest absolute Gasteiger partial charge is 0.251 e. The van der Waals surface area contributed by atoms with Crippen LogP contribution < -0.4 is 10.6 Å². The Balaban J connectivity index is 1.53. The Labute approximate surface area is 174 Å². The first kappa shape index (κ1) is 18.3. The number of benzene rings is 2. The van der Waals surface area contributed by atoms with Gasteiger partial charge in [-0.3, -0.25) is 4.79 Å². The Morgan fingerprint density at radius 2 is 1.87 bits per heavy atom. The van der Waals surface area contributed by atoms with Crippen molar-refractivity contribution in [2.75, 3.05) is 5.32 Å². The average Bonchev–Trinajstić information content (AvgIpc) is 3.46. The van der Waals surface area contributed by atoms with Crippen LogP contribution in [0.4, 0.5) is 11.5 Å². The molecule has 150 valence electrons. The van der Waals surface area contributed by atoms with Gasteiger partial charge < -0.3 is 10.6 Å². The number of anilines is 2. The summed E-state index contributed by atoms with van der Waals surface area (Å²) in [6.45, 7) is 3.86. The summed E-state index contributed by atoms with van der Waals surface area (Å²) in [5.41, 5.74) is 4.17. The van der Waals surface area contributed by atoms with Gasteiger partial charge in [-0.05, 0) is 56.5 Å². The normalized spacial score (nSPS) is 13.4. The second kappa shape index (κ2) is 7.26. The van der Waals surface area contributed by atoms with Crippen molar-refractivity contribution in [3.05, 3.63) is 71.7 Å². The average molecular weight is 398 g/mol. The van der Waals surface area contributed by atoms with Crippen molar-refractivity contribution in [1.29, 1.82) is 0 Å². The quantitative estimate of drug-likeness (QED) is 0.529. The summed E-state index contributed by atoms with van der Waals surface area (Å²) in [4.78, 5) is 21.7. The second-order valence-electron chi connectivity index (χ2n) is 7.65. The lowest BCUT2D eigenvalue weighted by atomic mass is 10.1. The molecule has 2 aromatic carbocycles. The molecule has 0 saturated heterocycles. The summed E-state index contributed by atoms with van der Waals surface area (Å²) in [7, 11) is 0. The maximum absolute atomic E-state index is 12.5. The van der Waals surface area contributed by atoms with Crippen LogP contribution >= 0.6 is 0 Å². The minimum atomic E-state index is -0.0403. The highest BCUT2D eigenvalue weighted by atomic mass is 16.1. The van der Waals surface area contributed by atoms with Crippen LogP contribution in [0.2, 0.25) is 0 Å². The summed E-state index contributed by atoms with van der Waals surface area (Å²) in [5.74, 6) is 1.27. The number of hydrogen-bond donors (Lipinski definition) is 2. The number of fused-ring (bicyclic) bond motifs is 1. The van der Waals surface area contributed by atoms with Crippen LogP contribution in [0.5, 0.6) is 0 Å². The van der Waals surface area contributed by atoms with Crippen LogP contribution in [-0.2, 0) is 0 Å². The van der Waals surface area contributed by atoms with Crippen molar-refractivity contribution in [3.63, 3.8) is 0 Å². The molecule has 7 heteroatoms. The summed E-state index contributed by atoms with van der Waals surface area (Å²) in [5, 5.41) is 11.8. The fourth-order valence-electron chi connectivity index (χ4n) is 3.39. The highest BCUT2D eigenvalue weighted by molar-refractivity contribution is 5.96. The number of carbonyl (C=O) groups is 1. The van der Waals surface area contributed by atoms with Gasteiger partial charge in [-0.1, -0.05) is 24.3 Å². The number of carbonyl (C=O) groups excluding carboxylic acids is 1. The molecular formula is C23H22N6O. The van der Waals surface area contributed by atoms with E-state index < -0.39 is 0 Å². The lowest BCUT2D eigenvalue weighted by Crippen LogP contribution is -2.25. The molecule has 2 heterocycles. The van der Waals surface area contributed by atoms with Gasteiger partial charge in [0, 0.05) is 17.3 Å². The SMILES string of the molecule is Cc1nc(Nc2cc(C(=O)NC3CC3)ccc2C)c2cnn(-c3ccccc3)c2n1. The predicted molar refractivity (Wildman–Crippen MR) is 116 cm³/mol. The van der Waals surface area contributed by atoms with E-state index in [1.807, 2.05) is 67.1 Å². The van der Waals surface area contributed by atoms with Gasteiger partial charge in [0.2, 0.25) is 0 Å². The van der Waals surface area contributed by atoms with E-state index in [9.17, 15) is 4.79 Å². The van der Waals surface area contributed by atoms with Crippen molar-refractivity contribution in [2.24, 2.45) is 0 Å². The van der Waals surface area contributed by atoms with Crippen LogP contribution in [0.25, 0.3) is 16.7 Å². The molecule has 0 bridgehead atoms. The first-order chi connectivity index (χ1) is 14.6. The zero-order valence-electron chi connectivity index (χ0n) is 16.9. The summed E-state index contributed by atoms with van der Waals surface area (Å²) in [6.07, 6.45) is 3.89. The van der Waals surface area contributed by atoms with Gasteiger partial charge in [-0.2, -0.15) is 5.10 Å². The van der Waals surface area contributed by atoms with Gasteiger partial charge in [0.1, 0.15) is 11.6 Å². The van der Waals surface area contributed by atoms with Gasteiger partial charge >= 0.3 is 0 Å². The van der Waals surface area contributed by atoms with Crippen molar-refractivity contribution in [2.45, 2.75) is 32.7 Å². The van der Waals surface area contributed by atoms with Crippen LogP contribution in [0.15, 0.2) is 54.7 Å². The number of hydrogen-bond acceptors (Lipinski definition) is 5. The third-order valence-electron chi connectivity index (χ3n) is 5.21. The molecule has 2 N–H and O–H groups in total. The molecule has 1 aliphatic rings. The van der Waals surface area contributed by atoms with E-state index in [0.29, 0.717) is 23.2 Å².